The third kappa shape index (κ3) is 4.38. The van der Waals surface area contributed by atoms with Crippen LogP contribution < -0.4 is 0 Å². The van der Waals surface area contributed by atoms with Crippen molar-refractivity contribution in [1.82, 2.24) is 19.5 Å². The topological polar surface area (TPSA) is 43.6 Å². The lowest BCUT2D eigenvalue weighted by atomic mass is 9.80. The summed E-state index contributed by atoms with van der Waals surface area (Å²) in [4.78, 5) is 14.5. The van der Waals surface area contributed by atoms with Crippen LogP contribution in [0.15, 0.2) is 43.0 Å². The summed E-state index contributed by atoms with van der Waals surface area (Å²) in [6.07, 6.45) is 11.3. The van der Waals surface area contributed by atoms with E-state index in [1.807, 2.05) is 6.33 Å². The summed E-state index contributed by atoms with van der Waals surface area (Å²) in [5, 5.41) is 0. The molecule has 0 saturated carbocycles. The van der Waals surface area contributed by atoms with Crippen LogP contribution >= 0.6 is 0 Å². The molecular weight excluding hydrogens is 416 g/mol. The van der Waals surface area contributed by atoms with Gasteiger partial charge in [0.1, 0.15) is 17.5 Å². The van der Waals surface area contributed by atoms with Gasteiger partial charge in [0.2, 0.25) is 0 Å². The summed E-state index contributed by atoms with van der Waals surface area (Å²) in [7, 11) is 0. The van der Waals surface area contributed by atoms with E-state index in [2.05, 4.69) is 74.5 Å². The van der Waals surface area contributed by atoms with Gasteiger partial charge in [-0.3, -0.25) is 0 Å². The van der Waals surface area contributed by atoms with Crippen LogP contribution in [0.25, 0.3) is 22.4 Å². The minimum Gasteiger partial charge on any atom is -0.311 e. The Morgan fingerprint density at radius 1 is 0.706 bits per heavy atom. The molecular formula is C30H38N4. The third-order valence-electron chi connectivity index (χ3n) is 7.09. The van der Waals surface area contributed by atoms with E-state index >= 15 is 0 Å². The first kappa shape index (κ1) is 24.1. The molecule has 0 aliphatic heterocycles. The fourth-order valence-corrected chi connectivity index (χ4v) is 5.58. The fourth-order valence-electron chi connectivity index (χ4n) is 5.58. The first-order chi connectivity index (χ1) is 16.7. The number of fused-ring (bicyclic) bond motifs is 1. The van der Waals surface area contributed by atoms with Gasteiger partial charge in [0.25, 0.3) is 0 Å². The Kier molecular flexibility index (Phi) is 7.77. The van der Waals surface area contributed by atoms with E-state index in [4.69, 9.17) is 9.97 Å². The van der Waals surface area contributed by atoms with Gasteiger partial charge in [0.05, 0.1) is 12.9 Å². The smallest absolute Gasteiger partial charge is 0.164 e. The Morgan fingerprint density at radius 2 is 1.35 bits per heavy atom. The maximum atomic E-state index is 4.89. The van der Waals surface area contributed by atoms with E-state index < -0.39 is 0 Å². The molecule has 34 heavy (non-hydrogen) atoms. The third-order valence-corrected chi connectivity index (χ3v) is 7.09. The Bertz CT molecular complexity index is 1250. The summed E-state index contributed by atoms with van der Waals surface area (Å²) in [5.41, 5.74) is 13.0. The minimum absolute atomic E-state index is 0.756. The molecule has 0 atom stereocenters. The molecule has 0 unspecified atom stereocenters. The second kappa shape index (κ2) is 10.9. The summed E-state index contributed by atoms with van der Waals surface area (Å²) in [6.45, 7) is 12.2. The number of hydrogen-bond acceptors (Lipinski definition) is 3. The fraction of sp³-hybridized carbons (Fsp3) is 0.433. The van der Waals surface area contributed by atoms with Gasteiger partial charge in [0.15, 0.2) is 5.65 Å². The maximum Gasteiger partial charge on any atom is 0.164 e. The number of benzene rings is 2. The van der Waals surface area contributed by atoms with Crippen molar-refractivity contribution in [3.63, 3.8) is 0 Å². The molecule has 4 aromatic rings. The van der Waals surface area contributed by atoms with Crippen LogP contribution in [0.5, 0.6) is 0 Å². The van der Waals surface area contributed by atoms with Gasteiger partial charge in [-0.25, -0.2) is 15.0 Å². The number of imidazole rings is 1. The highest BCUT2D eigenvalue weighted by Gasteiger charge is 2.24. The van der Waals surface area contributed by atoms with Gasteiger partial charge >= 0.3 is 0 Å². The largest absolute Gasteiger partial charge is 0.311 e. The van der Waals surface area contributed by atoms with Crippen molar-refractivity contribution >= 4 is 11.2 Å². The second-order valence-electron chi connectivity index (χ2n) is 9.04. The predicted molar refractivity (Wildman–Crippen MR) is 142 cm³/mol. The zero-order valence-electron chi connectivity index (χ0n) is 21.5. The molecule has 0 aliphatic carbocycles. The molecule has 4 heteroatoms. The molecule has 0 bridgehead atoms. The molecule has 2 aromatic carbocycles. The van der Waals surface area contributed by atoms with E-state index in [1.165, 1.54) is 46.2 Å². The van der Waals surface area contributed by atoms with Crippen LogP contribution in [-0.2, 0) is 38.6 Å². The zero-order chi connectivity index (χ0) is 24.1. The van der Waals surface area contributed by atoms with E-state index in [9.17, 15) is 0 Å². The first-order valence-corrected chi connectivity index (χ1v) is 13.1. The molecule has 0 saturated heterocycles. The summed E-state index contributed by atoms with van der Waals surface area (Å²) in [6, 6.07) is 10.5. The van der Waals surface area contributed by atoms with Crippen molar-refractivity contribution in [2.24, 2.45) is 0 Å². The van der Waals surface area contributed by atoms with Crippen molar-refractivity contribution < 1.29 is 0 Å². The van der Waals surface area contributed by atoms with Crippen molar-refractivity contribution in [2.45, 2.75) is 86.1 Å². The van der Waals surface area contributed by atoms with E-state index in [-0.39, 0.29) is 0 Å². The number of nitrogens with zero attached hydrogens (tertiary/aromatic N) is 4. The van der Waals surface area contributed by atoms with E-state index in [0.29, 0.717) is 0 Å². The molecule has 4 nitrogen and oxygen atoms in total. The Labute approximate surface area is 204 Å². The van der Waals surface area contributed by atoms with Gasteiger partial charge in [-0.15, -0.1) is 0 Å². The van der Waals surface area contributed by atoms with Gasteiger partial charge in [-0.2, -0.15) is 0 Å². The molecule has 2 heterocycles. The maximum absolute atomic E-state index is 4.89. The Balaban J connectivity index is 1.98. The molecule has 0 radical (unpaired) electrons. The first-order valence-electron chi connectivity index (χ1n) is 13.1. The van der Waals surface area contributed by atoms with Gasteiger partial charge in [-0.1, -0.05) is 71.4 Å². The van der Waals surface area contributed by atoms with Crippen LogP contribution in [-0.4, -0.2) is 19.5 Å². The summed E-state index contributed by atoms with van der Waals surface area (Å²) < 4.78 is 2.15. The number of unbranched alkanes of at least 4 members (excludes halogenated alkanes) is 1. The summed E-state index contributed by atoms with van der Waals surface area (Å²) in [5.74, 6) is 0. The van der Waals surface area contributed by atoms with Crippen LogP contribution in [0.4, 0.5) is 0 Å². The molecule has 0 aliphatic rings. The highest BCUT2D eigenvalue weighted by atomic mass is 15.1. The minimum atomic E-state index is 0.756. The van der Waals surface area contributed by atoms with Crippen molar-refractivity contribution in [3.8, 4) is 11.3 Å². The van der Waals surface area contributed by atoms with Crippen LogP contribution in [0.2, 0.25) is 0 Å². The molecule has 0 spiro atoms. The lowest BCUT2D eigenvalue weighted by Gasteiger charge is -2.25. The monoisotopic (exact) mass is 454 g/mol. The SMILES string of the molecule is CCCCc1c(CC)c(CC)c(CC)c(CC)c1-c1ncnc2c1ncn2Cc1ccccc1. The quantitative estimate of drug-likeness (QED) is 0.256. The lowest BCUT2D eigenvalue weighted by Crippen LogP contribution is -2.11. The number of rotatable bonds is 10. The van der Waals surface area contributed by atoms with Gasteiger partial charge < -0.3 is 4.57 Å². The lowest BCUT2D eigenvalue weighted by molar-refractivity contribution is 0.780. The Hall–Kier alpha value is -3.01. The van der Waals surface area contributed by atoms with Gasteiger partial charge in [-0.05, 0) is 71.9 Å². The highest BCUT2D eigenvalue weighted by molar-refractivity contribution is 5.90. The Morgan fingerprint density at radius 3 is 2.00 bits per heavy atom. The zero-order valence-corrected chi connectivity index (χ0v) is 21.5. The molecule has 0 fully saturated rings. The molecule has 0 N–H and O–H groups in total. The van der Waals surface area contributed by atoms with Crippen molar-refractivity contribution in [1.29, 1.82) is 0 Å². The van der Waals surface area contributed by atoms with Crippen molar-refractivity contribution in [3.05, 3.63) is 76.4 Å². The normalized spacial score (nSPS) is 11.4. The second-order valence-corrected chi connectivity index (χ2v) is 9.04. The van der Waals surface area contributed by atoms with Crippen LogP contribution in [0.1, 0.15) is 80.8 Å². The molecule has 2 aromatic heterocycles. The standard InChI is InChI=1S/C30H38N4/c1-6-11-17-26-24(9-4)22(7-2)23(8-3)25(10-5)27(26)28-29-30(32-19-31-28)34(20-33-29)18-21-15-13-12-14-16-21/h12-16,19-20H,6-11,17-18H2,1-5H3. The highest BCUT2D eigenvalue weighted by Crippen LogP contribution is 2.39. The molecule has 4 rings (SSSR count). The molecule has 0 amide bonds. The predicted octanol–water partition coefficient (Wildman–Crippen LogP) is 7.13. The molecule has 178 valence electrons. The summed E-state index contributed by atoms with van der Waals surface area (Å²) >= 11 is 0. The van der Waals surface area contributed by atoms with Crippen LogP contribution in [0.3, 0.4) is 0 Å². The van der Waals surface area contributed by atoms with Crippen molar-refractivity contribution in [2.75, 3.05) is 0 Å². The van der Waals surface area contributed by atoms with Gasteiger partial charge in [0, 0.05) is 5.56 Å². The average molecular weight is 455 g/mol. The number of hydrogen-bond donors (Lipinski definition) is 0. The number of aromatic nitrogens is 4. The van der Waals surface area contributed by atoms with Crippen LogP contribution in [0, 0.1) is 0 Å². The van der Waals surface area contributed by atoms with E-state index in [1.54, 1.807) is 11.9 Å². The average Bonchev–Trinajstić information content (AvgIpc) is 3.29. The van der Waals surface area contributed by atoms with E-state index in [0.717, 1.165) is 55.5 Å².